The highest BCUT2D eigenvalue weighted by Gasteiger charge is 2.27. The normalized spacial score (nSPS) is 23.4. The summed E-state index contributed by atoms with van der Waals surface area (Å²) < 4.78 is 0. The topological polar surface area (TPSA) is 18.5 Å². The van der Waals surface area contributed by atoms with Crippen LogP contribution in [0.2, 0.25) is 0 Å². The first-order valence-electron chi connectivity index (χ1n) is 8.57. The van der Waals surface area contributed by atoms with Crippen LogP contribution >= 0.6 is 0 Å². The third kappa shape index (κ3) is 6.55. The van der Waals surface area contributed by atoms with Crippen LogP contribution in [0.4, 0.5) is 0 Å². The van der Waals surface area contributed by atoms with E-state index >= 15 is 0 Å². The molecule has 0 aliphatic carbocycles. The summed E-state index contributed by atoms with van der Waals surface area (Å²) in [4.78, 5) is 5.04. The first kappa shape index (κ1) is 17.9. The van der Waals surface area contributed by atoms with Crippen LogP contribution in [-0.2, 0) is 0 Å². The fourth-order valence-corrected chi connectivity index (χ4v) is 3.73. The van der Waals surface area contributed by atoms with Crippen LogP contribution in [0.5, 0.6) is 0 Å². The van der Waals surface area contributed by atoms with Crippen molar-refractivity contribution in [2.24, 2.45) is 11.3 Å². The van der Waals surface area contributed by atoms with Gasteiger partial charge in [-0.1, -0.05) is 27.2 Å². The van der Waals surface area contributed by atoms with Crippen LogP contribution in [0.25, 0.3) is 0 Å². The zero-order valence-electron chi connectivity index (χ0n) is 14.5. The predicted octanol–water partition coefficient (Wildman–Crippen LogP) is 2.68. The summed E-state index contributed by atoms with van der Waals surface area (Å²) in [5.41, 5.74) is 0.420. The monoisotopic (exact) mass is 283 g/mol. The lowest BCUT2D eigenvalue weighted by Crippen LogP contribution is -2.42. The molecule has 2 atom stereocenters. The third-order valence-corrected chi connectivity index (χ3v) is 4.54. The van der Waals surface area contributed by atoms with Crippen LogP contribution in [0.1, 0.15) is 46.5 Å². The summed E-state index contributed by atoms with van der Waals surface area (Å²) in [7, 11) is 4.56. The van der Waals surface area contributed by atoms with Gasteiger partial charge in [0.15, 0.2) is 0 Å². The van der Waals surface area contributed by atoms with E-state index in [2.05, 4.69) is 50.0 Å². The molecule has 0 aromatic heterocycles. The average Bonchev–Trinajstić information content (AvgIpc) is 2.74. The minimum Gasteiger partial charge on any atom is -0.316 e. The van der Waals surface area contributed by atoms with Crippen molar-refractivity contribution in [2.45, 2.75) is 46.5 Å². The number of rotatable bonds is 10. The molecule has 1 aliphatic heterocycles. The summed E-state index contributed by atoms with van der Waals surface area (Å²) in [6.45, 7) is 14.4. The molecule has 0 aromatic rings. The summed E-state index contributed by atoms with van der Waals surface area (Å²) in [5, 5.41) is 3.63. The van der Waals surface area contributed by atoms with Crippen molar-refractivity contribution in [3.05, 3.63) is 0 Å². The molecule has 0 spiro atoms. The van der Waals surface area contributed by atoms with Crippen molar-refractivity contribution in [2.75, 3.05) is 53.4 Å². The van der Waals surface area contributed by atoms with Crippen molar-refractivity contribution in [3.63, 3.8) is 0 Å². The molecule has 0 saturated carbocycles. The zero-order valence-corrected chi connectivity index (χ0v) is 14.5. The molecule has 20 heavy (non-hydrogen) atoms. The maximum Gasteiger partial charge on any atom is 0.00446 e. The summed E-state index contributed by atoms with van der Waals surface area (Å²) in [6.07, 6.45) is 5.20. The van der Waals surface area contributed by atoms with Gasteiger partial charge in [-0.2, -0.15) is 0 Å². The second-order valence-corrected chi connectivity index (χ2v) is 7.35. The number of hydrogen-bond acceptors (Lipinski definition) is 3. The van der Waals surface area contributed by atoms with E-state index < -0.39 is 0 Å². The molecule has 1 fully saturated rings. The third-order valence-electron chi connectivity index (χ3n) is 4.54. The van der Waals surface area contributed by atoms with Crippen LogP contribution in [-0.4, -0.2) is 63.2 Å². The summed E-state index contributed by atoms with van der Waals surface area (Å²) >= 11 is 0. The molecule has 3 nitrogen and oxygen atoms in total. The van der Waals surface area contributed by atoms with Crippen molar-refractivity contribution in [3.8, 4) is 0 Å². The van der Waals surface area contributed by atoms with Gasteiger partial charge in [0.2, 0.25) is 0 Å². The number of likely N-dealkylation sites (tertiary alicyclic amines) is 1. The first-order chi connectivity index (χ1) is 9.49. The predicted molar refractivity (Wildman–Crippen MR) is 89.3 cm³/mol. The Labute approximate surface area is 127 Å². The lowest BCUT2D eigenvalue weighted by molar-refractivity contribution is 0.157. The number of nitrogens with one attached hydrogen (secondary N) is 1. The number of hydrogen-bond donors (Lipinski definition) is 1. The Bertz CT molecular complexity index is 257. The molecule has 0 amide bonds. The van der Waals surface area contributed by atoms with Crippen LogP contribution in [0.3, 0.4) is 0 Å². The van der Waals surface area contributed by atoms with Crippen molar-refractivity contribution >= 4 is 0 Å². The molecular weight excluding hydrogens is 246 g/mol. The standard InChI is InChI=1S/C17H37N3/c1-6-9-17(3,14-18-10-7-2)15-20(5)13-16-8-11-19(4)12-16/h16,18H,6-15H2,1-5H3. The van der Waals surface area contributed by atoms with Gasteiger partial charge in [0.05, 0.1) is 0 Å². The van der Waals surface area contributed by atoms with E-state index in [0.717, 1.165) is 19.0 Å². The fraction of sp³-hybridized carbons (Fsp3) is 1.00. The molecule has 120 valence electrons. The minimum atomic E-state index is 0.420. The largest absolute Gasteiger partial charge is 0.316 e. The molecule has 1 heterocycles. The van der Waals surface area contributed by atoms with Gasteiger partial charge < -0.3 is 15.1 Å². The highest BCUT2D eigenvalue weighted by Crippen LogP contribution is 2.25. The lowest BCUT2D eigenvalue weighted by atomic mass is 9.84. The van der Waals surface area contributed by atoms with E-state index in [1.54, 1.807) is 0 Å². The average molecular weight is 284 g/mol. The molecule has 1 aliphatic rings. The Hall–Kier alpha value is -0.120. The smallest absolute Gasteiger partial charge is 0.00446 e. The van der Waals surface area contributed by atoms with Crippen molar-refractivity contribution in [1.29, 1.82) is 0 Å². The maximum atomic E-state index is 3.63. The molecular formula is C17H37N3. The van der Waals surface area contributed by atoms with E-state index in [0.29, 0.717) is 5.41 Å². The zero-order chi connectivity index (χ0) is 15.0. The molecule has 0 radical (unpaired) electrons. The Balaban J connectivity index is 2.38. The Kier molecular flexibility index (Phi) is 8.08. The van der Waals surface area contributed by atoms with E-state index in [-0.39, 0.29) is 0 Å². The van der Waals surface area contributed by atoms with Gasteiger partial charge in [0, 0.05) is 26.2 Å². The van der Waals surface area contributed by atoms with E-state index in [1.165, 1.54) is 51.9 Å². The molecule has 1 N–H and O–H groups in total. The van der Waals surface area contributed by atoms with Gasteiger partial charge in [-0.3, -0.25) is 0 Å². The van der Waals surface area contributed by atoms with Crippen molar-refractivity contribution in [1.82, 2.24) is 15.1 Å². The Morgan fingerprint density at radius 1 is 1.30 bits per heavy atom. The van der Waals surface area contributed by atoms with Crippen LogP contribution < -0.4 is 5.32 Å². The molecule has 1 saturated heterocycles. The fourth-order valence-electron chi connectivity index (χ4n) is 3.73. The Morgan fingerprint density at radius 2 is 2.05 bits per heavy atom. The Morgan fingerprint density at radius 3 is 2.60 bits per heavy atom. The van der Waals surface area contributed by atoms with Gasteiger partial charge >= 0.3 is 0 Å². The van der Waals surface area contributed by atoms with E-state index in [4.69, 9.17) is 0 Å². The minimum absolute atomic E-state index is 0.420. The van der Waals surface area contributed by atoms with E-state index in [9.17, 15) is 0 Å². The highest BCUT2D eigenvalue weighted by atomic mass is 15.2. The maximum absolute atomic E-state index is 3.63. The molecule has 2 unspecified atom stereocenters. The second-order valence-electron chi connectivity index (χ2n) is 7.35. The van der Waals surface area contributed by atoms with Crippen LogP contribution in [0, 0.1) is 11.3 Å². The molecule has 0 bridgehead atoms. The quantitative estimate of drug-likeness (QED) is 0.622. The van der Waals surface area contributed by atoms with Crippen LogP contribution in [0.15, 0.2) is 0 Å². The van der Waals surface area contributed by atoms with Gasteiger partial charge in [-0.25, -0.2) is 0 Å². The lowest BCUT2D eigenvalue weighted by Gasteiger charge is -2.35. The molecule has 0 aromatic carbocycles. The summed E-state index contributed by atoms with van der Waals surface area (Å²) in [6, 6.07) is 0. The molecule has 1 rings (SSSR count). The number of nitrogens with zero attached hydrogens (tertiary/aromatic N) is 2. The summed E-state index contributed by atoms with van der Waals surface area (Å²) in [5.74, 6) is 0.875. The van der Waals surface area contributed by atoms with Gasteiger partial charge in [-0.05, 0) is 57.8 Å². The second kappa shape index (κ2) is 9.01. The molecule has 3 heteroatoms. The highest BCUT2D eigenvalue weighted by molar-refractivity contribution is 4.82. The van der Waals surface area contributed by atoms with E-state index in [1.807, 2.05) is 0 Å². The van der Waals surface area contributed by atoms with Gasteiger partial charge in [0.25, 0.3) is 0 Å². The van der Waals surface area contributed by atoms with Crippen molar-refractivity contribution < 1.29 is 0 Å². The SMILES string of the molecule is CCCNCC(C)(CCC)CN(C)CC1CCN(C)C1. The van der Waals surface area contributed by atoms with Gasteiger partial charge in [0.1, 0.15) is 0 Å². The first-order valence-corrected chi connectivity index (χ1v) is 8.57. The van der Waals surface area contributed by atoms with Gasteiger partial charge in [-0.15, -0.1) is 0 Å².